The average Bonchev–Trinajstić information content (AvgIpc) is 2.58. The van der Waals surface area contributed by atoms with Crippen molar-refractivity contribution in [3.05, 3.63) is 57.6 Å². The van der Waals surface area contributed by atoms with Crippen LogP contribution in [0, 0.1) is 0 Å². The molecule has 4 nitrogen and oxygen atoms in total. The molecule has 2 aromatic rings. The Morgan fingerprint density at radius 2 is 1.92 bits per heavy atom. The number of carbonyl (C=O) groups is 1. The molecular formula is C18H19Cl2NO3. The van der Waals surface area contributed by atoms with Gasteiger partial charge in [0.15, 0.2) is 0 Å². The first kappa shape index (κ1) is 18.6. The second kappa shape index (κ2) is 8.92. The molecule has 0 aliphatic rings. The molecule has 2 rings (SSSR count). The summed E-state index contributed by atoms with van der Waals surface area (Å²) < 4.78 is 11.0. The summed E-state index contributed by atoms with van der Waals surface area (Å²) in [6.07, 6.45) is 0. The summed E-state index contributed by atoms with van der Waals surface area (Å²) in [5, 5.41) is 3.47. The molecule has 0 saturated carbocycles. The normalized spacial score (nSPS) is 10.5. The van der Waals surface area contributed by atoms with Crippen molar-refractivity contribution >= 4 is 34.8 Å². The summed E-state index contributed by atoms with van der Waals surface area (Å²) in [6, 6.07) is 10.3. The van der Waals surface area contributed by atoms with Gasteiger partial charge in [-0.05, 0) is 44.2 Å². The Morgan fingerprint density at radius 1 is 1.12 bits per heavy atom. The van der Waals surface area contributed by atoms with Crippen molar-refractivity contribution in [1.82, 2.24) is 0 Å². The van der Waals surface area contributed by atoms with Crippen LogP contribution in [0.25, 0.3) is 0 Å². The van der Waals surface area contributed by atoms with Gasteiger partial charge in [0.25, 0.3) is 5.91 Å². The molecule has 0 aromatic heterocycles. The maximum absolute atomic E-state index is 12.5. The van der Waals surface area contributed by atoms with Gasteiger partial charge in [-0.25, -0.2) is 0 Å². The van der Waals surface area contributed by atoms with Gasteiger partial charge < -0.3 is 14.8 Å². The first-order chi connectivity index (χ1) is 11.6. The smallest absolute Gasteiger partial charge is 0.255 e. The summed E-state index contributed by atoms with van der Waals surface area (Å²) in [4.78, 5) is 12.5. The van der Waals surface area contributed by atoms with Crippen LogP contribution in [0.3, 0.4) is 0 Å². The fourth-order valence-electron chi connectivity index (χ4n) is 2.14. The molecule has 128 valence electrons. The maximum atomic E-state index is 12.5. The molecule has 0 heterocycles. The number of rotatable bonds is 7. The van der Waals surface area contributed by atoms with Gasteiger partial charge in [0.05, 0.1) is 28.9 Å². The standard InChI is InChI=1S/C18H19Cl2NO3/c1-3-23-11-13-10-12(8-9-16(13)24-4-2)18(22)21-15-7-5-6-14(19)17(15)20/h5-10H,3-4,11H2,1-2H3,(H,21,22). The number of amides is 1. The van der Waals surface area contributed by atoms with Crippen LogP contribution < -0.4 is 10.1 Å². The molecule has 0 unspecified atom stereocenters. The van der Waals surface area contributed by atoms with E-state index in [4.69, 9.17) is 32.7 Å². The summed E-state index contributed by atoms with van der Waals surface area (Å²) in [5.41, 5.74) is 1.78. The molecule has 0 aliphatic heterocycles. The molecule has 24 heavy (non-hydrogen) atoms. The van der Waals surface area contributed by atoms with Crippen LogP contribution >= 0.6 is 23.2 Å². The van der Waals surface area contributed by atoms with E-state index in [1.54, 1.807) is 36.4 Å². The third-order valence-corrected chi connectivity index (χ3v) is 4.10. The number of nitrogens with one attached hydrogen (secondary N) is 1. The molecule has 2 aromatic carbocycles. The molecular weight excluding hydrogens is 349 g/mol. The van der Waals surface area contributed by atoms with Gasteiger partial charge in [0, 0.05) is 17.7 Å². The van der Waals surface area contributed by atoms with E-state index in [0.717, 1.165) is 5.56 Å². The van der Waals surface area contributed by atoms with Gasteiger partial charge >= 0.3 is 0 Å². The lowest BCUT2D eigenvalue weighted by molar-refractivity contribution is 0.102. The van der Waals surface area contributed by atoms with E-state index in [9.17, 15) is 4.79 Å². The lowest BCUT2D eigenvalue weighted by atomic mass is 10.1. The zero-order valence-electron chi connectivity index (χ0n) is 13.6. The molecule has 0 fully saturated rings. The lowest BCUT2D eigenvalue weighted by Crippen LogP contribution is -2.13. The van der Waals surface area contributed by atoms with Gasteiger partial charge in [-0.1, -0.05) is 29.3 Å². The average molecular weight is 368 g/mol. The van der Waals surface area contributed by atoms with Crippen LogP contribution in [0.15, 0.2) is 36.4 Å². The van der Waals surface area contributed by atoms with Crippen LogP contribution in [0.4, 0.5) is 5.69 Å². The largest absolute Gasteiger partial charge is 0.494 e. The van der Waals surface area contributed by atoms with E-state index in [-0.39, 0.29) is 5.91 Å². The first-order valence-corrected chi connectivity index (χ1v) is 8.41. The predicted molar refractivity (Wildman–Crippen MR) is 97.4 cm³/mol. The summed E-state index contributed by atoms with van der Waals surface area (Å²) in [5.74, 6) is 0.434. The molecule has 1 N–H and O–H groups in total. The number of benzene rings is 2. The van der Waals surface area contributed by atoms with Crippen LogP contribution in [-0.4, -0.2) is 19.1 Å². The molecule has 0 bridgehead atoms. The fourth-order valence-corrected chi connectivity index (χ4v) is 2.48. The molecule has 0 radical (unpaired) electrons. The number of anilines is 1. The monoisotopic (exact) mass is 367 g/mol. The lowest BCUT2D eigenvalue weighted by Gasteiger charge is -2.13. The Hall–Kier alpha value is -1.75. The minimum atomic E-state index is -0.278. The van der Waals surface area contributed by atoms with E-state index in [1.165, 1.54) is 0 Å². The molecule has 1 amide bonds. The van der Waals surface area contributed by atoms with E-state index in [1.807, 2.05) is 13.8 Å². The number of hydrogen-bond acceptors (Lipinski definition) is 3. The Morgan fingerprint density at radius 3 is 2.62 bits per heavy atom. The van der Waals surface area contributed by atoms with Gasteiger partial charge in [-0.2, -0.15) is 0 Å². The highest BCUT2D eigenvalue weighted by molar-refractivity contribution is 6.44. The SMILES string of the molecule is CCOCc1cc(C(=O)Nc2cccc(Cl)c2Cl)ccc1OCC. The maximum Gasteiger partial charge on any atom is 0.255 e. The van der Waals surface area contributed by atoms with E-state index in [0.29, 0.717) is 46.9 Å². The molecule has 0 saturated heterocycles. The number of carbonyl (C=O) groups excluding carboxylic acids is 1. The molecule has 0 atom stereocenters. The Kier molecular flexibility index (Phi) is 6.91. The van der Waals surface area contributed by atoms with Crippen LogP contribution in [0.5, 0.6) is 5.75 Å². The van der Waals surface area contributed by atoms with E-state index < -0.39 is 0 Å². The van der Waals surface area contributed by atoms with Gasteiger partial charge in [0.1, 0.15) is 5.75 Å². The van der Waals surface area contributed by atoms with E-state index in [2.05, 4.69) is 5.32 Å². The highest BCUT2D eigenvalue weighted by Crippen LogP contribution is 2.30. The summed E-state index contributed by atoms with van der Waals surface area (Å²) >= 11 is 12.1. The second-order valence-corrected chi connectivity index (χ2v) is 5.73. The van der Waals surface area contributed by atoms with Crippen LogP contribution in [0.1, 0.15) is 29.8 Å². The fraction of sp³-hybridized carbons (Fsp3) is 0.278. The minimum absolute atomic E-state index is 0.278. The van der Waals surface area contributed by atoms with Crippen molar-refractivity contribution in [3.63, 3.8) is 0 Å². The Balaban J connectivity index is 2.23. The number of halogens is 2. The van der Waals surface area contributed by atoms with Crippen LogP contribution in [0.2, 0.25) is 10.0 Å². The third-order valence-electron chi connectivity index (χ3n) is 3.28. The van der Waals surface area contributed by atoms with Crippen molar-refractivity contribution in [2.45, 2.75) is 20.5 Å². The third kappa shape index (κ3) is 4.63. The molecule has 0 spiro atoms. The number of ether oxygens (including phenoxy) is 2. The second-order valence-electron chi connectivity index (χ2n) is 4.95. The highest BCUT2D eigenvalue weighted by atomic mass is 35.5. The predicted octanol–water partition coefficient (Wildman–Crippen LogP) is 5.18. The van der Waals surface area contributed by atoms with Gasteiger partial charge in [-0.3, -0.25) is 4.79 Å². The molecule has 6 heteroatoms. The van der Waals surface area contributed by atoms with Crippen LogP contribution in [-0.2, 0) is 11.3 Å². The van der Waals surface area contributed by atoms with Crippen molar-refractivity contribution in [2.75, 3.05) is 18.5 Å². The summed E-state index contributed by atoms with van der Waals surface area (Å²) in [7, 11) is 0. The summed E-state index contributed by atoms with van der Waals surface area (Å²) in [6.45, 7) is 5.33. The Bertz CT molecular complexity index is 719. The topological polar surface area (TPSA) is 47.6 Å². The highest BCUT2D eigenvalue weighted by Gasteiger charge is 2.13. The van der Waals surface area contributed by atoms with Crippen molar-refractivity contribution < 1.29 is 14.3 Å². The quantitative estimate of drug-likeness (QED) is 0.733. The van der Waals surface area contributed by atoms with Gasteiger partial charge in [0.2, 0.25) is 0 Å². The first-order valence-electron chi connectivity index (χ1n) is 7.65. The van der Waals surface area contributed by atoms with Crippen molar-refractivity contribution in [3.8, 4) is 5.75 Å². The van der Waals surface area contributed by atoms with E-state index >= 15 is 0 Å². The van der Waals surface area contributed by atoms with Crippen molar-refractivity contribution in [2.24, 2.45) is 0 Å². The zero-order chi connectivity index (χ0) is 17.5. The number of hydrogen-bond donors (Lipinski definition) is 1. The minimum Gasteiger partial charge on any atom is -0.494 e. The van der Waals surface area contributed by atoms with Crippen molar-refractivity contribution in [1.29, 1.82) is 0 Å². The van der Waals surface area contributed by atoms with Gasteiger partial charge in [-0.15, -0.1) is 0 Å². The zero-order valence-corrected chi connectivity index (χ0v) is 15.1. The molecule has 0 aliphatic carbocycles. The Labute approximate surface area is 151 Å².